The van der Waals surface area contributed by atoms with Gasteiger partial charge >= 0.3 is 38.8 Å². The molecule has 0 fully saturated rings. The van der Waals surface area contributed by atoms with Crippen LogP contribution in [0, 0.1) is 0 Å². The van der Waals surface area contributed by atoms with E-state index in [1.54, 1.807) is 0 Å². The van der Waals surface area contributed by atoms with E-state index in [4.69, 9.17) is 9.05 Å². The molecule has 0 aliphatic carbocycles. The van der Waals surface area contributed by atoms with Gasteiger partial charge in [-0.25, -0.2) is 0 Å². The molecule has 18 heteroatoms. The molecule has 2 atom stereocenters. The summed E-state index contributed by atoms with van der Waals surface area (Å²) in [5.74, 6) is 0. The second kappa shape index (κ2) is 11.1. The topological polar surface area (TPSA) is 122 Å². The molecule has 0 rings (SSSR count). The van der Waals surface area contributed by atoms with E-state index < -0.39 is 70.4 Å². The Morgan fingerprint density at radius 3 is 1.32 bits per heavy atom. The van der Waals surface area contributed by atoms with Crippen molar-refractivity contribution in [3.63, 3.8) is 0 Å². The first-order chi connectivity index (χ1) is 13.8. The third kappa shape index (κ3) is 9.43. The minimum absolute atomic E-state index is 0.681. The highest BCUT2D eigenvalue weighted by molar-refractivity contribution is 7.87. The van der Waals surface area contributed by atoms with Crippen molar-refractivity contribution in [1.29, 1.82) is 0 Å². The van der Waals surface area contributed by atoms with Gasteiger partial charge in [-0.15, -0.1) is 19.7 Å². The molecule has 0 unspecified atom stereocenters. The predicted octanol–water partition coefficient (Wildman–Crippen LogP) is 3.24. The normalized spacial score (nSPS) is 15.8. The monoisotopic (exact) mass is 526 g/mol. The zero-order valence-electron chi connectivity index (χ0n) is 15.3. The smallest absolute Gasteiger partial charge is 0.298 e. The molecular weight excluding hydrogens is 509 g/mol. The molecule has 0 aromatic carbocycles. The fourth-order valence-electron chi connectivity index (χ4n) is 1.41. The molecule has 0 aliphatic heterocycles. The quantitative estimate of drug-likeness (QED) is 0.110. The van der Waals surface area contributed by atoms with Crippen LogP contribution in [0.3, 0.4) is 0 Å². The van der Waals surface area contributed by atoms with Crippen molar-refractivity contribution in [2.45, 2.75) is 23.2 Å². The summed E-state index contributed by atoms with van der Waals surface area (Å²) >= 11 is 0. The van der Waals surface area contributed by atoms with Crippen molar-refractivity contribution >= 4 is 27.8 Å². The molecule has 0 aromatic rings. The van der Waals surface area contributed by atoms with Gasteiger partial charge < -0.3 is 0 Å². The second-order valence-electron chi connectivity index (χ2n) is 5.21. The first kappa shape index (κ1) is 29.8. The number of hydrogen-bond acceptors (Lipinski definition) is 9. The Labute approximate surface area is 174 Å². The lowest BCUT2D eigenvalue weighted by Crippen LogP contribution is -2.30. The summed E-state index contributed by atoms with van der Waals surface area (Å²) in [4.78, 5) is 0. The Kier molecular flexibility index (Phi) is 10.6. The average Bonchev–Trinajstić information content (AvgIpc) is 2.60. The van der Waals surface area contributed by atoms with Crippen molar-refractivity contribution in [2.24, 2.45) is 0 Å². The number of rotatable bonds is 14. The molecule has 0 amide bonds. The average molecular weight is 526 g/mol. The number of hydrogen-bond donors (Lipinski definition) is 0. The molecule has 0 spiro atoms. The van der Waals surface area contributed by atoms with Gasteiger partial charge in [-0.3, -0.25) is 22.0 Å². The molecule has 0 radical (unpaired) electrons. The summed E-state index contributed by atoms with van der Waals surface area (Å²) in [7, 11) is -16.5. The predicted molar refractivity (Wildman–Crippen MR) is 94.7 cm³/mol. The summed E-state index contributed by atoms with van der Waals surface area (Å²) in [5.41, 5.74) is -11.5. The molecule has 31 heavy (non-hydrogen) atoms. The number of alkyl halides is 6. The molecule has 0 bridgehead atoms. The Hall–Kier alpha value is -1.23. The van der Waals surface area contributed by atoms with Crippen LogP contribution in [0.2, 0.25) is 0 Å². The van der Waals surface area contributed by atoms with Crippen molar-refractivity contribution in [3.05, 3.63) is 38.0 Å². The van der Waals surface area contributed by atoms with Crippen molar-refractivity contribution in [3.8, 4) is 0 Å². The van der Waals surface area contributed by atoms with Gasteiger partial charge in [0.1, 0.15) is 12.2 Å². The molecule has 9 nitrogen and oxygen atoms in total. The van der Waals surface area contributed by atoms with Gasteiger partial charge in [0.05, 0.1) is 19.4 Å². The van der Waals surface area contributed by atoms with Crippen LogP contribution in [0.1, 0.15) is 0 Å². The van der Waals surface area contributed by atoms with Gasteiger partial charge in [-0.05, 0) is 0 Å². The van der Waals surface area contributed by atoms with Crippen LogP contribution in [-0.2, 0) is 42.2 Å². The van der Waals surface area contributed by atoms with Crippen molar-refractivity contribution in [1.82, 2.24) is 0 Å². The Morgan fingerprint density at radius 1 is 0.774 bits per heavy atom. The fourth-order valence-corrected chi connectivity index (χ4v) is 3.96. The maximum Gasteiger partial charge on any atom is 0.523 e. The van der Waals surface area contributed by atoms with Gasteiger partial charge in [0.25, 0.3) is 0 Å². The van der Waals surface area contributed by atoms with Crippen LogP contribution in [0.4, 0.5) is 26.3 Å². The fraction of sp³-hybridized carbons (Fsp3) is 0.538. The zero-order chi connectivity index (χ0) is 24.7. The number of allylic oxidation sites excluding steroid dienone is 1. The Bertz CT molecular complexity index is 829. The van der Waals surface area contributed by atoms with Crippen LogP contribution in [-0.4, -0.2) is 59.4 Å². The maximum atomic E-state index is 12.7. The minimum atomic E-state index is -6.03. The van der Waals surface area contributed by atoms with Crippen LogP contribution in [0.5, 0.6) is 0 Å². The Balaban J connectivity index is 5.38. The molecule has 0 aliphatic rings. The summed E-state index contributed by atoms with van der Waals surface area (Å²) in [6, 6.07) is 0. The third-order valence-corrected chi connectivity index (χ3v) is 6.73. The van der Waals surface area contributed by atoms with Crippen LogP contribution >= 0.6 is 7.60 Å². The van der Waals surface area contributed by atoms with E-state index >= 15 is 0 Å². The van der Waals surface area contributed by atoms with E-state index in [9.17, 15) is 47.7 Å². The molecule has 0 saturated heterocycles. The van der Waals surface area contributed by atoms with Gasteiger partial charge in [0.15, 0.2) is 0 Å². The molecule has 0 saturated carbocycles. The van der Waals surface area contributed by atoms with E-state index in [0.717, 1.165) is 6.08 Å². The third-order valence-electron chi connectivity index (χ3n) is 2.81. The lowest BCUT2D eigenvalue weighted by molar-refractivity contribution is -0.0556. The van der Waals surface area contributed by atoms with Gasteiger partial charge in [0, 0.05) is 0 Å². The van der Waals surface area contributed by atoms with Crippen LogP contribution in [0.15, 0.2) is 38.0 Å². The highest BCUT2D eigenvalue weighted by atomic mass is 32.2. The number of halogens is 6. The van der Waals surface area contributed by atoms with Crippen molar-refractivity contribution in [2.75, 3.05) is 19.4 Å². The van der Waals surface area contributed by atoms with E-state index in [-0.39, 0.29) is 0 Å². The van der Waals surface area contributed by atoms with Gasteiger partial charge in [-0.1, -0.05) is 18.2 Å². The van der Waals surface area contributed by atoms with Gasteiger partial charge in [0.2, 0.25) is 0 Å². The SMILES string of the molecule is C=CCP(=O)(O[C@@H](C=C)COS(=O)(=O)C(F)(F)F)O[C@@H](C=C)COS(=O)(=O)C(F)(F)F. The highest BCUT2D eigenvalue weighted by Gasteiger charge is 2.48. The summed E-state index contributed by atoms with van der Waals surface area (Å²) in [6.45, 7) is 6.79. The van der Waals surface area contributed by atoms with E-state index in [1.807, 2.05) is 0 Å². The lowest BCUT2D eigenvalue weighted by Gasteiger charge is -2.25. The first-order valence-corrected chi connectivity index (χ1v) is 12.1. The summed E-state index contributed by atoms with van der Waals surface area (Å²) < 4.78 is 147. The molecule has 182 valence electrons. The molecule has 0 N–H and O–H groups in total. The zero-order valence-corrected chi connectivity index (χ0v) is 17.9. The van der Waals surface area contributed by atoms with E-state index in [0.29, 0.717) is 12.2 Å². The summed E-state index contributed by atoms with van der Waals surface area (Å²) in [5, 5.41) is 0. The van der Waals surface area contributed by atoms with Crippen LogP contribution in [0.25, 0.3) is 0 Å². The largest absolute Gasteiger partial charge is 0.523 e. The highest BCUT2D eigenvalue weighted by Crippen LogP contribution is 2.51. The maximum absolute atomic E-state index is 12.7. The summed E-state index contributed by atoms with van der Waals surface area (Å²) in [6.07, 6.45) is -1.88. The Morgan fingerprint density at radius 2 is 1.10 bits per heavy atom. The van der Waals surface area contributed by atoms with Crippen molar-refractivity contribution < 1.29 is 65.2 Å². The molecular formula is C13H17F6O9PS2. The molecule has 0 heterocycles. The molecule has 0 aromatic heterocycles. The second-order valence-corrected chi connectivity index (χ2v) is 10.4. The van der Waals surface area contributed by atoms with E-state index in [1.165, 1.54) is 0 Å². The first-order valence-electron chi connectivity index (χ1n) is 7.57. The lowest BCUT2D eigenvalue weighted by atomic mass is 10.4. The van der Waals surface area contributed by atoms with Crippen LogP contribution < -0.4 is 0 Å². The minimum Gasteiger partial charge on any atom is -0.298 e. The van der Waals surface area contributed by atoms with E-state index in [2.05, 4.69) is 28.1 Å². The van der Waals surface area contributed by atoms with Gasteiger partial charge in [-0.2, -0.15) is 43.2 Å². The standard InChI is InChI=1S/C13H17F6O9PS2/c1-4-7-29(20,27-10(5-2)8-25-30(21,22)12(14,15)16)28-11(6-3)9-26-31(23,24)13(17,18)19/h4-6,10-11H,1-3,7-9H2/t10-,11-/m0/s1.